The Kier molecular flexibility index (Phi) is 5.39. The molecule has 10 heteroatoms. The van der Waals surface area contributed by atoms with E-state index in [9.17, 15) is 14.4 Å². The number of pyridine rings is 1. The zero-order valence-electron chi connectivity index (χ0n) is 19.3. The van der Waals surface area contributed by atoms with E-state index in [4.69, 9.17) is 23.2 Å². The molecule has 8 nitrogen and oxygen atoms in total. The van der Waals surface area contributed by atoms with Crippen molar-refractivity contribution < 1.29 is 14.4 Å². The zero-order chi connectivity index (χ0) is 24.4. The summed E-state index contributed by atoms with van der Waals surface area (Å²) in [6.45, 7) is 5.68. The first kappa shape index (κ1) is 23.1. The Morgan fingerprint density at radius 2 is 1.97 bits per heavy atom. The average Bonchev–Trinajstić information content (AvgIpc) is 2.96. The molecule has 4 heterocycles. The van der Waals surface area contributed by atoms with Crippen LogP contribution in [0.5, 0.6) is 0 Å². The lowest BCUT2D eigenvalue weighted by Crippen LogP contribution is -2.69. The number of rotatable bonds is 4. The number of nitrogens with one attached hydrogen (secondary N) is 1. The average molecular weight is 503 g/mol. The maximum atomic E-state index is 13.2. The van der Waals surface area contributed by atoms with Crippen LogP contribution in [0.1, 0.15) is 31.2 Å². The number of hydrogen-bond donors (Lipinski definition) is 1. The first-order valence-corrected chi connectivity index (χ1v) is 12.1. The van der Waals surface area contributed by atoms with Gasteiger partial charge in [-0.15, -0.1) is 0 Å². The van der Waals surface area contributed by atoms with Crippen molar-refractivity contribution in [2.75, 3.05) is 31.6 Å². The molecule has 1 aromatic heterocycles. The predicted octanol–water partition coefficient (Wildman–Crippen LogP) is 3.61. The molecule has 2 fully saturated rings. The number of aromatic nitrogens is 1. The van der Waals surface area contributed by atoms with Crippen LogP contribution in [0.15, 0.2) is 30.3 Å². The molecule has 2 saturated heterocycles. The van der Waals surface area contributed by atoms with Crippen LogP contribution < -0.4 is 14.7 Å². The molecule has 0 aliphatic carbocycles. The summed E-state index contributed by atoms with van der Waals surface area (Å²) in [6, 6.07) is 8.94. The van der Waals surface area contributed by atoms with E-state index in [1.807, 2.05) is 36.1 Å². The third-order valence-electron chi connectivity index (χ3n) is 7.57. The first-order valence-electron chi connectivity index (χ1n) is 11.3. The number of hydrogen-bond acceptors (Lipinski definition) is 5. The Morgan fingerprint density at radius 3 is 2.68 bits per heavy atom. The summed E-state index contributed by atoms with van der Waals surface area (Å²) in [4.78, 5) is 47.6. The van der Waals surface area contributed by atoms with E-state index in [0.717, 1.165) is 11.4 Å². The number of halogens is 2. The number of carbonyl (C=O) groups is 3. The van der Waals surface area contributed by atoms with E-state index < -0.39 is 5.54 Å². The smallest absolute Gasteiger partial charge is 0.365 e. The molecule has 0 radical (unpaired) electrons. The van der Waals surface area contributed by atoms with Crippen molar-refractivity contribution in [2.45, 2.75) is 38.3 Å². The van der Waals surface area contributed by atoms with Crippen LogP contribution in [0.2, 0.25) is 10.0 Å². The highest BCUT2D eigenvalue weighted by molar-refractivity contribution is 6.42. The number of benzene rings is 1. The summed E-state index contributed by atoms with van der Waals surface area (Å²) in [5, 5.41) is 3.48. The van der Waals surface area contributed by atoms with Crippen molar-refractivity contribution in [3.63, 3.8) is 0 Å². The largest absolute Gasteiger partial charge is 0.429 e. The van der Waals surface area contributed by atoms with Gasteiger partial charge in [-0.2, -0.15) is 4.48 Å². The van der Waals surface area contributed by atoms with Gasteiger partial charge in [-0.3, -0.25) is 9.59 Å². The number of anilines is 1. The Morgan fingerprint density at radius 1 is 1.21 bits per heavy atom. The number of carbonyl (C=O) groups excluding carboxylic acids is 3. The highest BCUT2D eigenvalue weighted by atomic mass is 35.5. The Labute approximate surface area is 208 Å². The van der Waals surface area contributed by atoms with Crippen LogP contribution >= 0.6 is 23.2 Å². The molecule has 4 amide bonds. The Hall–Kier alpha value is -2.68. The second-order valence-corrected chi connectivity index (χ2v) is 10.2. The maximum absolute atomic E-state index is 13.2. The molecule has 0 saturated carbocycles. The minimum Gasteiger partial charge on any atom is -0.365 e. The summed E-state index contributed by atoms with van der Waals surface area (Å²) < 4.78 is -0.177. The van der Waals surface area contributed by atoms with Crippen LogP contribution in [-0.4, -0.2) is 60.5 Å². The van der Waals surface area contributed by atoms with Gasteiger partial charge in [0.25, 0.3) is 5.91 Å². The fourth-order valence-corrected chi connectivity index (χ4v) is 5.91. The summed E-state index contributed by atoms with van der Waals surface area (Å²) in [5.74, 6) is -0.411. The van der Waals surface area contributed by atoms with Crippen molar-refractivity contribution in [1.29, 1.82) is 0 Å². The van der Waals surface area contributed by atoms with Crippen LogP contribution in [0.25, 0.3) is 0 Å². The summed E-state index contributed by atoms with van der Waals surface area (Å²) in [7, 11) is 1.72. The van der Waals surface area contributed by atoms with Gasteiger partial charge in [0.15, 0.2) is 11.4 Å². The standard InChI is InChI=1S/C24H25Cl2N5O3/c1-14-4-7-19-21(27-14)24(22(33)28-23(34)31(19,24)3)9-8-20(32)29-10-11-30(15(2)13-29)16-5-6-17(25)18(26)12-16/h4-7,12,15H,8-11,13H2,1-3H3/p+1/t15-,24?,31?/m0/s1. The quantitative estimate of drug-likeness (QED) is 0.509. The molecular weight excluding hydrogens is 477 g/mol. The zero-order valence-corrected chi connectivity index (χ0v) is 20.8. The van der Waals surface area contributed by atoms with Crippen molar-refractivity contribution >= 4 is 52.4 Å². The number of urea groups is 1. The molecule has 5 rings (SSSR count). The van der Waals surface area contributed by atoms with E-state index in [1.54, 1.807) is 13.1 Å². The van der Waals surface area contributed by atoms with Gasteiger partial charge in [-0.05, 0) is 38.1 Å². The molecule has 1 N–H and O–H groups in total. The molecule has 3 aliphatic rings. The number of imide groups is 1. The van der Waals surface area contributed by atoms with Gasteiger partial charge in [0, 0.05) is 56.0 Å². The monoisotopic (exact) mass is 502 g/mol. The van der Waals surface area contributed by atoms with E-state index in [0.29, 0.717) is 41.1 Å². The lowest BCUT2D eigenvalue weighted by molar-refractivity contribution is -0.134. The number of likely N-dealkylation sites (N-methyl/N-ethyl adjacent to an activating group) is 1. The van der Waals surface area contributed by atoms with Gasteiger partial charge in [-0.1, -0.05) is 23.2 Å². The molecule has 2 aromatic rings. The highest BCUT2D eigenvalue weighted by Gasteiger charge is 2.77. The Balaban J connectivity index is 1.30. The number of aryl methyl sites for hydroxylation is 1. The number of amides is 4. The van der Waals surface area contributed by atoms with E-state index in [1.165, 1.54) is 0 Å². The van der Waals surface area contributed by atoms with Crippen LogP contribution in [0.3, 0.4) is 0 Å². The lowest BCUT2D eigenvalue weighted by Gasteiger charge is -2.48. The predicted molar refractivity (Wildman–Crippen MR) is 131 cm³/mol. The third-order valence-corrected chi connectivity index (χ3v) is 8.31. The number of piperazine rings is 1. The first-order chi connectivity index (χ1) is 16.1. The fraction of sp³-hybridized carbons (Fsp3) is 0.417. The molecular formula is C24H26Cl2N5O3+. The molecule has 1 aromatic carbocycles. The van der Waals surface area contributed by atoms with E-state index in [2.05, 4.69) is 22.1 Å². The topological polar surface area (TPSA) is 82.6 Å². The van der Waals surface area contributed by atoms with Crippen molar-refractivity contribution in [3.05, 3.63) is 51.8 Å². The maximum Gasteiger partial charge on any atom is 0.429 e. The molecule has 3 atom stereocenters. The second-order valence-electron chi connectivity index (χ2n) is 9.43. The van der Waals surface area contributed by atoms with Gasteiger partial charge in [-0.25, -0.2) is 15.1 Å². The van der Waals surface area contributed by atoms with E-state index in [-0.39, 0.29) is 41.2 Å². The number of fused-ring (bicyclic) bond motifs is 4. The molecule has 34 heavy (non-hydrogen) atoms. The fourth-order valence-electron chi connectivity index (χ4n) is 5.62. The summed E-state index contributed by atoms with van der Waals surface area (Å²) >= 11 is 12.2. The number of quaternary nitrogens is 1. The molecule has 3 aliphatic heterocycles. The lowest BCUT2D eigenvalue weighted by atomic mass is 9.76. The SMILES string of the molecule is Cc1ccc2c(n1)C1(CCC(=O)N3CCN(c4ccc(Cl)c(Cl)c4)[C@@H](C)C3)C(=O)NC(=O)[N+]21C. The van der Waals surface area contributed by atoms with Gasteiger partial charge >= 0.3 is 6.03 Å². The van der Waals surface area contributed by atoms with Crippen molar-refractivity contribution in [2.24, 2.45) is 0 Å². The minimum atomic E-state index is -1.15. The third kappa shape index (κ3) is 3.08. The van der Waals surface area contributed by atoms with E-state index >= 15 is 0 Å². The molecule has 0 bridgehead atoms. The normalized spacial score (nSPS) is 27.7. The second kappa shape index (κ2) is 7.93. The number of nitrogens with zero attached hydrogens (tertiary/aromatic N) is 4. The van der Waals surface area contributed by atoms with Crippen molar-refractivity contribution in [1.82, 2.24) is 19.7 Å². The molecule has 178 valence electrons. The molecule has 0 spiro atoms. The van der Waals surface area contributed by atoms with Gasteiger partial charge in [0.2, 0.25) is 11.4 Å². The summed E-state index contributed by atoms with van der Waals surface area (Å²) in [6.07, 6.45) is 0.383. The molecule has 2 unspecified atom stereocenters. The minimum absolute atomic E-state index is 0.0326. The Bertz CT molecular complexity index is 1240. The van der Waals surface area contributed by atoms with Crippen LogP contribution in [0, 0.1) is 6.92 Å². The van der Waals surface area contributed by atoms with Crippen LogP contribution in [-0.2, 0) is 15.1 Å². The highest BCUT2D eigenvalue weighted by Crippen LogP contribution is 2.57. The van der Waals surface area contributed by atoms with Crippen molar-refractivity contribution in [3.8, 4) is 0 Å². The van der Waals surface area contributed by atoms with Gasteiger partial charge in [0.05, 0.1) is 17.1 Å². The summed E-state index contributed by atoms with van der Waals surface area (Å²) in [5.41, 5.74) is 1.90. The van der Waals surface area contributed by atoms with Gasteiger partial charge in [0.1, 0.15) is 0 Å². The van der Waals surface area contributed by atoms with Gasteiger partial charge < -0.3 is 9.80 Å². The van der Waals surface area contributed by atoms with Crippen LogP contribution in [0.4, 0.5) is 16.2 Å².